The summed E-state index contributed by atoms with van der Waals surface area (Å²) in [6, 6.07) is 8.55. The van der Waals surface area contributed by atoms with Gasteiger partial charge in [-0.25, -0.2) is 0 Å². The van der Waals surface area contributed by atoms with Gasteiger partial charge in [0.1, 0.15) is 0 Å². The van der Waals surface area contributed by atoms with Gasteiger partial charge in [0, 0.05) is 0 Å². The highest BCUT2D eigenvalue weighted by atomic mass is 15.5. The van der Waals surface area contributed by atoms with E-state index in [-0.39, 0.29) is 0 Å². The van der Waals surface area contributed by atoms with Gasteiger partial charge in [-0.1, -0.05) is 12.1 Å². The molecular formula is C14H18N4. The minimum Gasteiger partial charge on any atom is -0.316 e. The van der Waals surface area contributed by atoms with Gasteiger partial charge >= 0.3 is 0 Å². The number of nitrogens with one attached hydrogen (secondary N) is 1. The molecule has 1 aromatic heterocycles. The predicted octanol–water partition coefficient (Wildman–Crippen LogP) is 1.81. The molecule has 1 atom stereocenters. The lowest BCUT2D eigenvalue weighted by molar-refractivity contribution is 0.376. The summed E-state index contributed by atoms with van der Waals surface area (Å²) in [5, 5.41) is 11.7. The Morgan fingerprint density at radius 2 is 1.94 bits per heavy atom. The summed E-state index contributed by atoms with van der Waals surface area (Å²) in [6.45, 7) is 2.34. The van der Waals surface area contributed by atoms with Crippen molar-refractivity contribution in [3.63, 3.8) is 0 Å². The Morgan fingerprint density at radius 1 is 1.17 bits per heavy atom. The van der Waals surface area contributed by atoms with Crippen molar-refractivity contribution < 1.29 is 0 Å². The van der Waals surface area contributed by atoms with E-state index < -0.39 is 0 Å². The minimum absolute atomic E-state index is 0.785. The zero-order chi connectivity index (χ0) is 12.2. The summed E-state index contributed by atoms with van der Waals surface area (Å²) in [5.41, 5.74) is 2.42. The zero-order valence-electron chi connectivity index (χ0n) is 10.4. The van der Waals surface area contributed by atoms with E-state index in [1.807, 2.05) is 0 Å². The lowest BCUT2D eigenvalue weighted by Gasteiger charge is -2.22. The highest BCUT2D eigenvalue weighted by molar-refractivity contribution is 5.32. The van der Waals surface area contributed by atoms with Crippen LogP contribution in [0.3, 0.4) is 0 Å². The van der Waals surface area contributed by atoms with Crippen LogP contribution in [-0.2, 0) is 6.42 Å². The maximum Gasteiger partial charge on any atom is 0.0856 e. The second-order valence-corrected chi connectivity index (χ2v) is 4.90. The van der Waals surface area contributed by atoms with Gasteiger partial charge in [-0.3, -0.25) is 0 Å². The highest BCUT2D eigenvalue weighted by Gasteiger charge is 2.13. The van der Waals surface area contributed by atoms with E-state index in [9.17, 15) is 0 Å². The molecular weight excluding hydrogens is 224 g/mol. The first kappa shape index (κ1) is 11.4. The normalized spacial score (nSPS) is 19.9. The summed E-state index contributed by atoms with van der Waals surface area (Å²) in [4.78, 5) is 1.64. The Hall–Kier alpha value is -1.68. The monoisotopic (exact) mass is 242 g/mol. The fourth-order valence-electron chi connectivity index (χ4n) is 2.55. The van der Waals surface area contributed by atoms with Crippen LogP contribution in [0, 0.1) is 5.92 Å². The van der Waals surface area contributed by atoms with Crippen LogP contribution in [0.25, 0.3) is 5.69 Å². The number of nitrogens with zero attached hydrogens (tertiary/aromatic N) is 3. The molecule has 2 heterocycles. The number of hydrogen-bond donors (Lipinski definition) is 1. The lowest BCUT2D eigenvalue weighted by atomic mass is 9.92. The van der Waals surface area contributed by atoms with Crippen molar-refractivity contribution in [2.24, 2.45) is 5.92 Å². The van der Waals surface area contributed by atoms with Crippen LogP contribution in [0.4, 0.5) is 0 Å². The van der Waals surface area contributed by atoms with Crippen LogP contribution in [0.2, 0.25) is 0 Å². The summed E-state index contributed by atoms with van der Waals surface area (Å²) in [7, 11) is 0. The number of rotatable bonds is 3. The minimum atomic E-state index is 0.785. The van der Waals surface area contributed by atoms with Crippen LogP contribution in [0.5, 0.6) is 0 Å². The van der Waals surface area contributed by atoms with Crippen molar-refractivity contribution in [2.75, 3.05) is 13.1 Å². The standard InChI is InChI=1S/C14H18N4/c1-2-13(11-15-7-1)10-12-3-5-14(6-4-12)18-16-8-9-17-18/h3-6,8-9,13,15H,1-2,7,10-11H2. The number of piperidine rings is 1. The summed E-state index contributed by atoms with van der Waals surface area (Å²) < 4.78 is 0. The number of aromatic nitrogens is 3. The van der Waals surface area contributed by atoms with E-state index in [2.05, 4.69) is 39.8 Å². The van der Waals surface area contributed by atoms with Crippen molar-refractivity contribution >= 4 is 0 Å². The molecule has 1 aromatic carbocycles. The van der Waals surface area contributed by atoms with Gasteiger partial charge in [0.2, 0.25) is 0 Å². The summed E-state index contributed by atoms with van der Waals surface area (Å²) in [5.74, 6) is 0.785. The van der Waals surface area contributed by atoms with Crippen molar-refractivity contribution in [2.45, 2.75) is 19.3 Å². The molecule has 1 unspecified atom stereocenters. The molecule has 2 aromatic rings. The van der Waals surface area contributed by atoms with Crippen LogP contribution >= 0.6 is 0 Å². The summed E-state index contributed by atoms with van der Waals surface area (Å²) in [6.07, 6.45) is 7.21. The fourth-order valence-corrected chi connectivity index (χ4v) is 2.55. The molecule has 4 heteroatoms. The van der Waals surface area contributed by atoms with E-state index >= 15 is 0 Å². The van der Waals surface area contributed by atoms with Crippen molar-refractivity contribution in [3.8, 4) is 5.69 Å². The highest BCUT2D eigenvalue weighted by Crippen LogP contribution is 2.17. The van der Waals surface area contributed by atoms with Crippen LogP contribution < -0.4 is 5.32 Å². The first-order chi connectivity index (χ1) is 8.92. The summed E-state index contributed by atoms with van der Waals surface area (Å²) >= 11 is 0. The van der Waals surface area contributed by atoms with E-state index in [0.29, 0.717) is 0 Å². The molecule has 0 radical (unpaired) electrons. The number of benzene rings is 1. The van der Waals surface area contributed by atoms with Crippen LogP contribution in [0.1, 0.15) is 18.4 Å². The molecule has 1 N–H and O–H groups in total. The Kier molecular flexibility index (Phi) is 3.37. The van der Waals surface area contributed by atoms with Crippen molar-refractivity contribution in [1.29, 1.82) is 0 Å². The SMILES string of the molecule is c1cnn(-c2ccc(CC3CCCNC3)cc2)n1. The Bertz CT molecular complexity index is 469. The van der Waals surface area contributed by atoms with Gasteiger partial charge in [-0.05, 0) is 56.0 Å². The molecule has 1 fully saturated rings. The smallest absolute Gasteiger partial charge is 0.0856 e. The molecule has 0 bridgehead atoms. The largest absolute Gasteiger partial charge is 0.316 e. The van der Waals surface area contributed by atoms with Gasteiger partial charge in [0.15, 0.2) is 0 Å². The average Bonchev–Trinajstić information content (AvgIpc) is 2.95. The molecule has 1 aliphatic rings. The van der Waals surface area contributed by atoms with E-state index in [4.69, 9.17) is 0 Å². The van der Waals surface area contributed by atoms with Crippen LogP contribution in [-0.4, -0.2) is 28.1 Å². The van der Waals surface area contributed by atoms with Crippen LogP contribution in [0.15, 0.2) is 36.7 Å². The maximum atomic E-state index is 4.13. The third kappa shape index (κ3) is 2.59. The third-order valence-corrected chi connectivity index (χ3v) is 3.51. The molecule has 94 valence electrons. The second-order valence-electron chi connectivity index (χ2n) is 4.90. The maximum absolute atomic E-state index is 4.13. The first-order valence-corrected chi connectivity index (χ1v) is 6.58. The van der Waals surface area contributed by atoms with Gasteiger partial charge in [-0.2, -0.15) is 15.0 Å². The quantitative estimate of drug-likeness (QED) is 0.892. The average molecular weight is 242 g/mol. The number of hydrogen-bond acceptors (Lipinski definition) is 3. The molecule has 1 aliphatic heterocycles. The molecule has 0 amide bonds. The molecule has 0 aliphatic carbocycles. The Balaban J connectivity index is 1.67. The molecule has 0 spiro atoms. The van der Waals surface area contributed by atoms with E-state index in [1.54, 1.807) is 17.2 Å². The molecule has 1 saturated heterocycles. The van der Waals surface area contributed by atoms with Gasteiger partial charge in [0.25, 0.3) is 0 Å². The Labute approximate surface area is 107 Å². The first-order valence-electron chi connectivity index (χ1n) is 6.58. The topological polar surface area (TPSA) is 42.7 Å². The van der Waals surface area contributed by atoms with Crippen molar-refractivity contribution in [1.82, 2.24) is 20.3 Å². The third-order valence-electron chi connectivity index (χ3n) is 3.51. The molecule has 18 heavy (non-hydrogen) atoms. The van der Waals surface area contributed by atoms with Gasteiger partial charge < -0.3 is 5.32 Å². The van der Waals surface area contributed by atoms with Gasteiger partial charge in [0.05, 0.1) is 18.1 Å². The van der Waals surface area contributed by atoms with E-state index in [0.717, 1.165) is 18.2 Å². The van der Waals surface area contributed by atoms with Gasteiger partial charge in [-0.15, -0.1) is 0 Å². The Morgan fingerprint density at radius 3 is 2.61 bits per heavy atom. The zero-order valence-corrected chi connectivity index (χ0v) is 10.4. The molecule has 0 saturated carbocycles. The van der Waals surface area contributed by atoms with Crippen molar-refractivity contribution in [3.05, 3.63) is 42.2 Å². The predicted molar refractivity (Wildman–Crippen MR) is 70.7 cm³/mol. The fraction of sp³-hybridized carbons (Fsp3) is 0.429. The molecule has 4 nitrogen and oxygen atoms in total. The lowest BCUT2D eigenvalue weighted by Crippen LogP contribution is -2.30. The second kappa shape index (κ2) is 5.31. The molecule has 3 rings (SSSR count). The van der Waals surface area contributed by atoms with E-state index in [1.165, 1.54) is 31.4 Å².